The number of carbonyl (C=O) groups excluding carboxylic acids is 1. The Morgan fingerprint density at radius 3 is 2.46 bits per heavy atom. The van der Waals surface area contributed by atoms with Gasteiger partial charge in [-0.05, 0) is 33.2 Å². The second kappa shape index (κ2) is 6.78. The number of hydrogen-bond donors (Lipinski definition) is 1. The molecule has 0 bridgehead atoms. The first-order chi connectivity index (χ1) is 6.15. The molecule has 0 amide bonds. The monoisotopic (exact) mass is 184 g/mol. The molecule has 0 fully saturated rings. The van der Waals surface area contributed by atoms with E-state index in [1.165, 1.54) is 5.71 Å². The van der Waals surface area contributed by atoms with E-state index in [2.05, 4.69) is 17.2 Å². The van der Waals surface area contributed by atoms with E-state index in [0.29, 0.717) is 0 Å². The van der Waals surface area contributed by atoms with E-state index in [0.717, 1.165) is 19.3 Å². The van der Waals surface area contributed by atoms with Crippen molar-refractivity contribution in [2.24, 2.45) is 4.99 Å². The molecule has 0 heterocycles. The Morgan fingerprint density at radius 1 is 1.54 bits per heavy atom. The van der Waals surface area contributed by atoms with Crippen molar-refractivity contribution >= 4 is 11.5 Å². The van der Waals surface area contributed by atoms with E-state index in [-0.39, 0.29) is 11.8 Å². The summed E-state index contributed by atoms with van der Waals surface area (Å²) in [5.74, 6) is 0.203. The molecule has 13 heavy (non-hydrogen) atoms. The molecule has 0 aromatic heterocycles. The summed E-state index contributed by atoms with van der Waals surface area (Å²) in [6.45, 7) is 3.71. The van der Waals surface area contributed by atoms with Gasteiger partial charge in [0.1, 0.15) is 5.78 Å². The fraction of sp³-hybridized carbons (Fsp3) is 0.800. The fourth-order valence-corrected chi connectivity index (χ4v) is 1.31. The van der Waals surface area contributed by atoms with E-state index < -0.39 is 0 Å². The highest BCUT2D eigenvalue weighted by Gasteiger charge is 2.11. The van der Waals surface area contributed by atoms with Crippen molar-refractivity contribution < 1.29 is 4.79 Å². The lowest BCUT2D eigenvalue weighted by Crippen LogP contribution is -2.32. The number of likely N-dealkylation sites (N-methyl/N-ethyl adjacent to an activating group) is 1. The van der Waals surface area contributed by atoms with Crippen LogP contribution in [-0.4, -0.2) is 31.6 Å². The summed E-state index contributed by atoms with van der Waals surface area (Å²) in [4.78, 5) is 15.2. The maximum Gasteiger partial charge on any atom is 0.146 e. The van der Waals surface area contributed by atoms with Gasteiger partial charge in [0, 0.05) is 12.8 Å². The van der Waals surface area contributed by atoms with Crippen LogP contribution in [-0.2, 0) is 4.79 Å². The smallest absolute Gasteiger partial charge is 0.146 e. The Hall–Kier alpha value is -0.700. The minimum atomic E-state index is -0.0108. The molecule has 0 aliphatic carbocycles. The van der Waals surface area contributed by atoms with Gasteiger partial charge in [0.2, 0.25) is 0 Å². The Kier molecular flexibility index (Phi) is 6.41. The van der Waals surface area contributed by atoms with Crippen LogP contribution in [0.25, 0.3) is 0 Å². The summed E-state index contributed by atoms with van der Waals surface area (Å²) in [6.07, 6.45) is 2.75. The fourth-order valence-electron chi connectivity index (χ4n) is 1.31. The van der Waals surface area contributed by atoms with Crippen LogP contribution in [0.1, 0.15) is 33.1 Å². The van der Waals surface area contributed by atoms with E-state index >= 15 is 0 Å². The highest BCUT2D eigenvalue weighted by Crippen LogP contribution is 2.02. The summed E-state index contributed by atoms with van der Waals surface area (Å²) in [6, 6.07) is -0.0108. The molecule has 3 heteroatoms. The molecule has 0 unspecified atom stereocenters. The van der Waals surface area contributed by atoms with Gasteiger partial charge < -0.3 is 5.32 Å². The lowest BCUT2D eigenvalue weighted by Gasteiger charge is -2.12. The molecular weight excluding hydrogens is 164 g/mol. The SMILES string of the molecule is CCC(CC[C@H](NC)C(C)=O)=NC. The average Bonchev–Trinajstić information content (AvgIpc) is 2.12. The van der Waals surface area contributed by atoms with Crippen molar-refractivity contribution in [1.82, 2.24) is 5.32 Å². The molecule has 0 aromatic carbocycles. The minimum Gasteiger partial charge on any atom is -0.311 e. The highest BCUT2D eigenvalue weighted by molar-refractivity contribution is 5.86. The van der Waals surface area contributed by atoms with Crippen LogP contribution < -0.4 is 5.32 Å². The molecule has 0 spiro atoms. The van der Waals surface area contributed by atoms with Gasteiger partial charge in [0.25, 0.3) is 0 Å². The zero-order chi connectivity index (χ0) is 10.3. The van der Waals surface area contributed by atoms with Crippen molar-refractivity contribution in [3.05, 3.63) is 0 Å². The second-order valence-corrected chi connectivity index (χ2v) is 3.13. The predicted molar refractivity (Wildman–Crippen MR) is 56.4 cm³/mol. The van der Waals surface area contributed by atoms with Gasteiger partial charge in [-0.15, -0.1) is 0 Å². The van der Waals surface area contributed by atoms with Crippen LogP contribution in [0.2, 0.25) is 0 Å². The van der Waals surface area contributed by atoms with E-state index in [1.807, 2.05) is 7.05 Å². The first-order valence-corrected chi connectivity index (χ1v) is 4.77. The number of rotatable bonds is 6. The first kappa shape index (κ1) is 12.3. The molecule has 0 saturated carbocycles. The van der Waals surface area contributed by atoms with Crippen LogP contribution in [0.3, 0.4) is 0 Å². The maximum atomic E-state index is 11.1. The van der Waals surface area contributed by atoms with Crippen molar-refractivity contribution in [2.75, 3.05) is 14.1 Å². The highest BCUT2D eigenvalue weighted by atomic mass is 16.1. The number of Topliss-reactive ketones (excluding diaryl/α,β-unsaturated/α-hetero) is 1. The summed E-state index contributed by atoms with van der Waals surface area (Å²) < 4.78 is 0. The van der Waals surface area contributed by atoms with Gasteiger partial charge in [-0.2, -0.15) is 0 Å². The molecule has 0 saturated heterocycles. The van der Waals surface area contributed by atoms with Crippen LogP contribution in [0, 0.1) is 0 Å². The Bertz CT molecular complexity index is 187. The van der Waals surface area contributed by atoms with Gasteiger partial charge in [-0.25, -0.2) is 0 Å². The average molecular weight is 184 g/mol. The quantitative estimate of drug-likeness (QED) is 0.634. The Balaban J connectivity index is 3.91. The van der Waals surface area contributed by atoms with Crippen molar-refractivity contribution in [3.8, 4) is 0 Å². The largest absolute Gasteiger partial charge is 0.311 e. The van der Waals surface area contributed by atoms with E-state index in [1.54, 1.807) is 14.0 Å². The van der Waals surface area contributed by atoms with Gasteiger partial charge in [0.15, 0.2) is 0 Å². The number of nitrogens with one attached hydrogen (secondary N) is 1. The van der Waals surface area contributed by atoms with Crippen molar-refractivity contribution in [3.63, 3.8) is 0 Å². The Morgan fingerprint density at radius 2 is 2.15 bits per heavy atom. The molecule has 0 aliphatic rings. The number of aliphatic imine (C=N–C) groups is 1. The van der Waals surface area contributed by atoms with Crippen molar-refractivity contribution in [1.29, 1.82) is 0 Å². The van der Waals surface area contributed by atoms with Crippen molar-refractivity contribution in [2.45, 2.75) is 39.2 Å². The first-order valence-electron chi connectivity index (χ1n) is 4.77. The summed E-state index contributed by atoms with van der Waals surface area (Å²) in [7, 11) is 3.63. The van der Waals surface area contributed by atoms with Gasteiger partial charge in [-0.1, -0.05) is 6.92 Å². The molecule has 1 atom stereocenters. The zero-order valence-electron chi connectivity index (χ0n) is 9.05. The molecule has 0 radical (unpaired) electrons. The van der Waals surface area contributed by atoms with Crippen LogP contribution in [0.15, 0.2) is 4.99 Å². The van der Waals surface area contributed by atoms with E-state index in [9.17, 15) is 4.79 Å². The standard InChI is InChI=1S/C10H20N2O/c1-5-9(11-3)6-7-10(12-4)8(2)13/h10,12H,5-7H2,1-4H3/t10-/m0/s1. The summed E-state index contributed by atoms with van der Waals surface area (Å²) in [5, 5.41) is 3.00. The normalized spacial score (nSPS) is 14.3. The topological polar surface area (TPSA) is 41.5 Å². The molecular formula is C10H20N2O. The van der Waals surface area contributed by atoms with Crippen LogP contribution in [0.5, 0.6) is 0 Å². The van der Waals surface area contributed by atoms with Crippen LogP contribution >= 0.6 is 0 Å². The van der Waals surface area contributed by atoms with Gasteiger partial charge >= 0.3 is 0 Å². The van der Waals surface area contributed by atoms with Gasteiger partial charge in [-0.3, -0.25) is 9.79 Å². The summed E-state index contributed by atoms with van der Waals surface area (Å²) >= 11 is 0. The third kappa shape index (κ3) is 4.78. The number of ketones is 1. The Labute approximate surface area is 80.6 Å². The zero-order valence-corrected chi connectivity index (χ0v) is 9.05. The molecule has 0 aromatic rings. The lowest BCUT2D eigenvalue weighted by molar-refractivity contribution is -0.118. The summed E-state index contributed by atoms with van der Waals surface area (Å²) in [5.41, 5.74) is 1.18. The molecule has 76 valence electrons. The molecule has 3 nitrogen and oxygen atoms in total. The minimum absolute atomic E-state index is 0.0108. The number of nitrogens with zero attached hydrogens (tertiary/aromatic N) is 1. The predicted octanol–water partition coefficient (Wildman–Crippen LogP) is 1.42. The van der Waals surface area contributed by atoms with Crippen LogP contribution in [0.4, 0.5) is 0 Å². The third-order valence-corrected chi connectivity index (χ3v) is 2.29. The maximum absolute atomic E-state index is 11.1. The molecule has 0 rings (SSSR count). The third-order valence-electron chi connectivity index (χ3n) is 2.29. The lowest BCUT2D eigenvalue weighted by atomic mass is 10.0. The van der Waals surface area contributed by atoms with E-state index in [4.69, 9.17) is 0 Å². The second-order valence-electron chi connectivity index (χ2n) is 3.13. The molecule has 0 aliphatic heterocycles. The number of carbonyl (C=O) groups is 1. The molecule has 1 N–H and O–H groups in total. The number of hydrogen-bond acceptors (Lipinski definition) is 3. The van der Waals surface area contributed by atoms with Gasteiger partial charge in [0.05, 0.1) is 6.04 Å².